The summed E-state index contributed by atoms with van der Waals surface area (Å²) in [6.45, 7) is 2.02. The van der Waals surface area contributed by atoms with Gasteiger partial charge in [0.2, 0.25) is 5.43 Å². The number of para-hydroxylation sites is 1. The van der Waals surface area contributed by atoms with Gasteiger partial charge in [0.25, 0.3) is 0 Å². The first-order valence-corrected chi connectivity index (χ1v) is 6.70. The number of carbonyl (C=O) groups excluding carboxylic acids is 1. The van der Waals surface area contributed by atoms with E-state index in [1.165, 1.54) is 6.20 Å². The van der Waals surface area contributed by atoms with E-state index in [9.17, 15) is 9.59 Å². The maximum atomic E-state index is 12.4. The Balaban J connectivity index is 2.03. The molecular weight excluding hydrogens is 264 g/mol. The molecule has 0 N–H and O–H groups in total. The second-order valence-electron chi connectivity index (χ2n) is 4.92. The van der Waals surface area contributed by atoms with Gasteiger partial charge in [-0.25, -0.2) is 0 Å². The van der Waals surface area contributed by atoms with Crippen molar-refractivity contribution in [2.75, 3.05) is 0 Å². The molecule has 1 aromatic heterocycles. The van der Waals surface area contributed by atoms with Crippen LogP contribution < -0.4 is 5.43 Å². The fourth-order valence-corrected chi connectivity index (χ4v) is 2.39. The first-order valence-electron chi connectivity index (χ1n) is 6.70. The van der Waals surface area contributed by atoms with Gasteiger partial charge >= 0.3 is 0 Å². The summed E-state index contributed by atoms with van der Waals surface area (Å²) >= 11 is 0. The van der Waals surface area contributed by atoms with Crippen molar-refractivity contribution in [3.8, 4) is 0 Å². The molecular formula is C17H14N2O2. The van der Waals surface area contributed by atoms with Gasteiger partial charge in [-0.1, -0.05) is 36.4 Å². The molecule has 0 bridgehead atoms. The number of fused-ring (bicyclic) bond motifs is 1. The highest BCUT2D eigenvalue weighted by atomic mass is 16.1. The van der Waals surface area contributed by atoms with Crippen LogP contribution in [0, 0.1) is 6.92 Å². The van der Waals surface area contributed by atoms with Gasteiger partial charge in [0.15, 0.2) is 5.78 Å². The minimum atomic E-state index is -0.134. The molecule has 0 saturated heterocycles. The van der Waals surface area contributed by atoms with Crippen molar-refractivity contribution in [3.63, 3.8) is 0 Å². The minimum absolute atomic E-state index is 0.0191. The third-order valence-corrected chi connectivity index (χ3v) is 3.50. The topological polar surface area (TPSA) is 52.0 Å². The molecule has 0 unspecified atom stereocenters. The van der Waals surface area contributed by atoms with Crippen LogP contribution >= 0.6 is 0 Å². The van der Waals surface area contributed by atoms with Crippen LogP contribution in [0.25, 0.3) is 10.9 Å². The van der Waals surface area contributed by atoms with Crippen LogP contribution in [-0.2, 0) is 6.54 Å². The zero-order valence-electron chi connectivity index (χ0n) is 11.6. The fourth-order valence-electron chi connectivity index (χ4n) is 2.39. The molecule has 2 aromatic carbocycles. The lowest BCUT2D eigenvalue weighted by Gasteiger charge is -2.09. The monoisotopic (exact) mass is 278 g/mol. The third-order valence-electron chi connectivity index (χ3n) is 3.50. The molecule has 0 aliphatic heterocycles. The van der Waals surface area contributed by atoms with Gasteiger partial charge in [-0.05, 0) is 24.6 Å². The van der Waals surface area contributed by atoms with Crippen molar-refractivity contribution in [2.45, 2.75) is 13.5 Å². The molecule has 0 amide bonds. The van der Waals surface area contributed by atoms with Crippen molar-refractivity contribution in [3.05, 3.63) is 76.1 Å². The molecule has 4 nitrogen and oxygen atoms in total. The van der Waals surface area contributed by atoms with Crippen LogP contribution in [0.5, 0.6) is 0 Å². The van der Waals surface area contributed by atoms with Gasteiger partial charge in [-0.15, -0.1) is 0 Å². The Morgan fingerprint density at radius 1 is 1.10 bits per heavy atom. The highest BCUT2D eigenvalue weighted by Gasteiger charge is 2.11. The van der Waals surface area contributed by atoms with Gasteiger partial charge in [-0.3, -0.25) is 14.3 Å². The summed E-state index contributed by atoms with van der Waals surface area (Å²) in [6.07, 6.45) is 1.26. The van der Waals surface area contributed by atoms with Crippen molar-refractivity contribution in [1.82, 2.24) is 9.78 Å². The maximum absolute atomic E-state index is 12.4. The number of aryl methyl sites for hydroxylation is 1. The van der Waals surface area contributed by atoms with Crippen LogP contribution in [-0.4, -0.2) is 15.6 Å². The first-order chi connectivity index (χ1) is 10.2. The van der Waals surface area contributed by atoms with E-state index in [0.717, 1.165) is 5.56 Å². The molecule has 0 atom stereocenters. The summed E-state index contributed by atoms with van der Waals surface area (Å²) in [7, 11) is 0. The SMILES string of the molecule is Cc1ccccc1C(=O)Cn1ncc(=O)c2ccccc21. The van der Waals surface area contributed by atoms with Gasteiger partial charge in [0.05, 0.1) is 11.7 Å². The third kappa shape index (κ3) is 2.48. The number of Topliss-reactive ketones (excluding diaryl/α,β-unsaturated/α-hetero) is 1. The number of hydrogen-bond acceptors (Lipinski definition) is 3. The summed E-state index contributed by atoms with van der Waals surface area (Å²) in [5.74, 6) is -0.0191. The Morgan fingerprint density at radius 2 is 1.81 bits per heavy atom. The molecule has 0 spiro atoms. The van der Waals surface area contributed by atoms with Crippen LogP contribution in [0.1, 0.15) is 15.9 Å². The lowest BCUT2D eigenvalue weighted by atomic mass is 10.0. The highest BCUT2D eigenvalue weighted by Crippen LogP contribution is 2.12. The summed E-state index contributed by atoms with van der Waals surface area (Å²) in [6, 6.07) is 14.6. The average Bonchev–Trinajstić information content (AvgIpc) is 2.51. The van der Waals surface area contributed by atoms with Crippen LogP contribution in [0.2, 0.25) is 0 Å². The van der Waals surface area contributed by atoms with E-state index in [1.54, 1.807) is 22.9 Å². The van der Waals surface area contributed by atoms with Gasteiger partial charge in [-0.2, -0.15) is 5.10 Å². The predicted molar refractivity (Wildman–Crippen MR) is 81.5 cm³/mol. The van der Waals surface area contributed by atoms with Gasteiger partial charge in [0, 0.05) is 10.9 Å². The molecule has 4 heteroatoms. The number of ketones is 1. The minimum Gasteiger partial charge on any atom is -0.292 e. The molecule has 3 rings (SSSR count). The Bertz CT molecular complexity index is 881. The molecule has 1 heterocycles. The van der Waals surface area contributed by atoms with E-state index in [2.05, 4.69) is 5.10 Å². The van der Waals surface area contributed by atoms with Crippen LogP contribution in [0.3, 0.4) is 0 Å². The van der Waals surface area contributed by atoms with Crippen LogP contribution in [0.15, 0.2) is 59.5 Å². The lowest BCUT2D eigenvalue weighted by molar-refractivity contribution is 0.0968. The van der Waals surface area contributed by atoms with E-state index in [0.29, 0.717) is 16.5 Å². The highest BCUT2D eigenvalue weighted by molar-refractivity contribution is 5.97. The smallest absolute Gasteiger partial charge is 0.207 e. The average molecular weight is 278 g/mol. The Kier molecular flexibility index (Phi) is 3.36. The first kappa shape index (κ1) is 13.2. The number of rotatable bonds is 3. The second kappa shape index (κ2) is 5.32. The number of hydrogen-bond donors (Lipinski definition) is 0. The number of benzene rings is 2. The molecule has 0 fully saturated rings. The Labute approximate surface area is 121 Å². The quantitative estimate of drug-likeness (QED) is 0.692. The molecule has 21 heavy (non-hydrogen) atoms. The predicted octanol–water partition coefficient (Wildman–Crippen LogP) is 2.59. The van der Waals surface area contributed by atoms with Crippen LogP contribution in [0.4, 0.5) is 0 Å². The van der Waals surface area contributed by atoms with Gasteiger partial charge < -0.3 is 0 Å². The van der Waals surface area contributed by atoms with E-state index in [-0.39, 0.29) is 17.8 Å². The second-order valence-corrected chi connectivity index (χ2v) is 4.92. The Morgan fingerprint density at radius 3 is 2.62 bits per heavy atom. The molecule has 0 radical (unpaired) electrons. The van der Waals surface area contributed by atoms with Gasteiger partial charge in [0.1, 0.15) is 6.54 Å². The molecule has 0 aliphatic carbocycles. The zero-order chi connectivity index (χ0) is 14.8. The molecule has 3 aromatic rings. The van der Waals surface area contributed by atoms with Crippen molar-refractivity contribution < 1.29 is 4.79 Å². The molecule has 0 saturated carbocycles. The standard InChI is InChI=1S/C17H14N2O2/c1-12-6-2-3-7-13(12)17(21)11-19-15-9-5-4-8-14(15)16(20)10-18-19/h2-10H,11H2,1H3. The maximum Gasteiger partial charge on any atom is 0.207 e. The number of aromatic nitrogens is 2. The van der Waals surface area contributed by atoms with Crippen molar-refractivity contribution in [1.29, 1.82) is 0 Å². The summed E-state index contributed by atoms with van der Waals surface area (Å²) in [5, 5.41) is 4.66. The fraction of sp³-hybridized carbons (Fsp3) is 0.118. The Hall–Kier alpha value is -2.75. The van der Waals surface area contributed by atoms with E-state index in [4.69, 9.17) is 0 Å². The van der Waals surface area contributed by atoms with E-state index < -0.39 is 0 Å². The molecule has 104 valence electrons. The molecule has 0 aliphatic rings. The summed E-state index contributed by atoms with van der Waals surface area (Å²) in [5.41, 5.74) is 2.16. The number of carbonyl (C=O) groups is 1. The van der Waals surface area contributed by atoms with Crippen molar-refractivity contribution >= 4 is 16.7 Å². The zero-order valence-corrected chi connectivity index (χ0v) is 11.6. The lowest BCUT2D eigenvalue weighted by Crippen LogP contribution is -2.18. The largest absolute Gasteiger partial charge is 0.292 e. The van der Waals surface area contributed by atoms with E-state index >= 15 is 0 Å². The summed E-state index contributed by atoms with van der Waals surface area (Å²) in [4.78, 5) is 24.2. The van der Waals surface area contributed by atoms with Crippen molar-refractivity contribution in [2.24, 2.45) is 0 Å². The summed E-state index contributed by atoms with van der Waals surface area (Å²) < 4.78 is 1.57. The number of nitrogens with zero attached hydrogens (tertiary/aromatic N) is 2. The normalized spacial score (nSPS) is 10.7. The van der Waals surface area contributed by atoms with E-state index in [1.807, 2.05) is 37.3 Å².